The van der Waals surface area contributed by atoms with Crippen LogP contribution in [0, 0.1) is 11.6 Å². The Hall–Kier alpha value is -4.18. The number of alkyl halides is 4. The quantitative estimate of drug-likeness (QED) is 0.183. The van der Waals surface area contributed by atoms with Gasteiger partial charge in [-0.1, -0.05) is 17.9 Å². The molecule has 2 aromatic heterocycles. The van der Waals surface area contributed by atoms with Crippen LogP contribution in [0.25, 0.3) is 32.2 Å². The van der Waals surface area contributed by atoms with E-state index < -0.39 is 58.2 Å². The van der Waals surface area contributed by atoms with E-state index in [4.69, 9.17) is 10.5 Å². The zero-order valence-corrected chi connectivity index (χ0v) is 27.5. The second kappa shape index (κ2) is 12.0. The lowest BCUT2D eigenvalue weighted by Gasteiger charge is -2.44. The van der Waals surface area contributed by atoms with Crippen LogP contribution in [0.5, 0.6) is 6.01 Å². The van der Waals surface area contributed by atoms with Crippen molar-refractivity contribution in [2.45, 2.75) is 63.1 Å². The maximum atomic E-state index is 17.0. The number of amides is 1. The van der Waals surface area contributed by atoms with Gasteiger partial charge >= 0.3 is 12.2 Å². The lowest BCUT2D eigenvalue weighted by Crippen LogP contribution is -2.58. The minimum Gasteiger partial charge on any atom is -0.461 e. The number of ether oxygens (including phenoxy) is 1. The topological polar surface area (TPSA) is 101 Å². The highest BCUT2D eigenvalue weighted by Crippen LogP contribution is 2.47. The molecule has 1 amide bonds. The predicted octanol–water partition coefficient (Wildman–Crippen LogP) is 6.35. The van der Waals surface area contributed by atoms with E-state index in [9.17, 15) is 26.7 Å². The van der Waals surface area contributed by atoms with Crippen molar-refractivity contribution in [2.75, 3.05) is 43.4 Å². The van der Waals surface area contributed by atoms with Gasteiger partial charge in [0.25, 0.3) is 0 Å². The van der Waals surface area contributed by atoms with Crippen LogP contribution in [0.3, 0.4) is 0 Å². The van der Waals surface area contributed by atoms with Crippen molar-refractivity contribution < 1.29 is 35.9 Å². The highest BCUT2D eigenvalue weighted by molar-refractivity contribution is 7.22. The number of piperazine rings is 1. The van der Waals surface area contributed by atoms with Crippen LogP contribution < -0.4 is 15.4 Å². The van der Waals surface area contributed by atoms with Gasteiger partial charge in [-0.05, 0) is 57.5 Å². The molecule has 3 fully saturated rings. The van der Waals surface area contributed by atoms with Crippen molar-refractivity contribution in [1.82, 2.24) is 24.8 Å². The Morgan fingerprint density at radius 3 is 2.65 bits per heavy atom. The summed E-state index contributed by atoms with van der Waals surface area (Å²) in [6, 6.07) is 1.61. The number of nitrogens with zero attached hydrogens (tertiary/aromatic N) is 6. The van der Waals surface area contributed by atoms with Gasteiger partial charge in [-0.3, -0.25) is 9.69 Å². The number of nitrogen functional groups attached to an aromatic ring is 1. The molecule has 0 saturated carbocycles. The van der Waals surface area contributed by atoms with Gasteiger partial charge in [0.1, 0.15) is 29.9 Å². The standard InChI is InChI=1S/C33H33F6N7O2S/c1-4-23(47)45-12-17(3)46(13-16(45)2)29-20-10-21(33(37,38)39)24(19-6-7-22(35)28-27(19)41-30(40)49-28)25(36)26(20)42-31(43-29)48-15-32-8-5-9-44(32)14-18(34)11-32/h4,6-7,10,16-18H,1,5,8-9,11-15H2,2-3H3,(H2,40,41). The Morgan fingerprint density at radius 2 is 1.92 bits per heavy atom. The number of aromatic nitrogens is 3. The maximum Gasteiger partial charge on any atom is 0.417 e. The number of benzene rings is 2. The van der Waals surface area contributed by atoms with E-state index in [1.54, 1.807) is 23.6 Å². The first kappa shape index (κ1) is 33.3. The normalized spacial score (nSPS) is 24.6. The summed E-state index contributed by atoms with van der Waals surface area (Å²) in [4.78, 5) is 30.8. The molecule has 3 aliphatic heterocycles. The van der Waals surface area contributed by atoms with Gasteiger partial charge in [-0.2, -0.15) is 23.1 Å². The van der Waals surface area contributed by atoms with Gasteiger partial charge in [0.05, 0.1) is 21.3 Å². The van der Waals surface area contributed by atoms with E-state index in [1.807, 2.05) is 4.90 Å². The third-order valence-electron chi connectivity index (χ3n) is 9.92. The molecular weight excluding hydrogens is 672 g/mol. The molecule has 260 valence electrons. The Labute approximate surface area is 281 Å². The fourth-order valence-corrected chi connectivity index (χ4v) is 8.41. The van der Waals surface area contributed by atoms with Gasteiger partial charge in [-0.25, -0.2) is 18.2 Å². The van der Waals surface area contributed by atoms with Crippen LogP contribution in [0.4, 0.5) is 37.3 Å². The highest BCUT2D eigenvalue weighted by atomic mass is 32.1. The fourth-order valence-electron chi connectivity index (χ4n) is 7.65. The minimum absolute atomic E-state index is 0.00225. The first-order chi connectivity index (χ1) is 23.2. The number of halogens is 6. The minimum atomic E-state index is -5.07. The van der Waals surface area contributed by atoms with Crippen molar-refractivity contribution in [3.8, 4) is 17.1 Å². The van der Waals surface area contributed by atoms with Crippen LogP contribution in [-0.4, -0.2) is 87.2 Å². The lowest BCUT2D eigenvalue weighted by molar-refractivity contribution is -0.137. The van der Waals surface area contributed by atoms with Crippen molar-refractivity contribution in [2.24, 2.45) is 0 Å². The Morgan fingerprint density at radius 1 is 1.14 bits per heavy atom. The third-order valence-corrected chi connectivity index (χ3v) is 10.8. The van der Waals surface area contributed by atoms with Crippen LogP contribution in [0.15, 0.2) is 30.9 Å². The number of nitrogens with two attached hydrogens (primary N) is 1. The monoisotopic (exact) mass is 705 g/mol. The van der Waals surface area contributed by atoms with Gasteiger partial charge in [0.2, 0.25) is 5.91 Å². The number of hydrogen-bond donors (Lipinski definition) is 1. The summed E-state index contributed by atoms with van der Waals surface area (Å²) in [6.45, 7) is 8.41. The molecule has 7 rings (SSSR count). The van der Waals surface area contributed by atoms with E-state index >= 15 is 4.39 Å². The van der Waals surface area contributed by atoms with E-state index in [2.05, 4.69) is 21.5 Å². The molecule has 16 heteroatoms. The number of carbonyl (C=O) groups is 1. The second-order valence-electron chi connectivity index (χ2n) is 13.1. The molecule has 0 aliphatic carbocycles. The lowest BCUT2D eigenvalue weighted by atomic mass is 9.94. The molecule has 0 spiro atoms. The number of thiazole rings is 1. The fraction of sp³-hybridized carbons (Fsp3) is 0.455. The molecular formula is C33H33F6N7O2S. The molecule has 0 bridgehead atoms. The molecule has 3 aliphatic rings. The molecule has 9 nitrogen and oxygen atoms in total. The number of carbonyl (C=O) groups excluding carboxylic acids is 1. The molecule has 5 heterocycles. The van der Waals surface area contributed by atoms with Crippen molar-refractivity contribution in [1.29, 1.82) is 0 Å². The average molecular weight is 706 g/mol. The Bertz CT molecular complexity index is 1990. The second-order valence-corrected chi connectivity index (χ2v) is 14.1. The Kier molecular flexibility index (Phi) is 8.16. The molecule has 2 N–H and O–H groups in total. The molecule has 3 saturated heterocycles. The number of rotatable bonds is 6. The summed E-state index contributed by atoms with van der Waals surface area (Å²) < 4.78 is 96.8. The van der Waals surface area contributed by atoms with Gasteiger partial charge < -0.3 is 20.3 Å². The predicted molar refractivity (Wildman–Crippen MR) is 174 cm³/mol. The Balaban J connectivity index is 1.43. The van der Waals surface area contributed by atoms with E-state index in [1.165, 1.54) is 6.08 Å². The number of hydrogen-bond acceptors (Lipinski definition) is 9. The number of fused-ring (bicyclic) bond motifs is 3. The smallest absolute Gasteiger partial charge is 0.417 e. The first-order valence-corrected chi connectivity index (χ1v) is 16.7. The van der Waals surface area contributed by atoms with E-state index in [-0.39, 0.29) is 76.7 Å². The van der Waals surface area contributed by atoms with Crippen LogP contribution in [-0.2, 0) is 11.0 Å². The number of anilines is 2. The maximum absolute atomic E-state index is 17.0. The van der Waals surface area contributed by atoms with Crippen LogP contribution >= 0.6 is 11.3 Å². The van der Waals surface area contributed by atoms with E-state index in [0.717, 1.165) is 36.0 Å². The summed E-state index contributed by atoms with van der Waals surface area (Å²) in [6.07, 6.45) is -3.16. The van der Waals surface area contributed by atoms with Crippen LogP contribution in [0.1, 0.15) is 38.7 Å². The molecule has 0 radical (unpaired) electrons. The summed E-state index contributed by atoms with van der Waals surface area (Å²) in [5, 5.41) is -0.332. The zero-order chi connectivity index (χ0) is 35.0. The molecule has 2 aromatic carbocycles. The van der Waals surface area contributed by atoms with Crippen molar-refractivity contribution in [3.63, 3.8) is 0 Å². The third kappa shape index (κ3) is 5.62. The molecule has 4 unspecified atom stereocenters. The molecule has 49 heavy (non-hydrogen) atoms. The summed E-state index contributed by atoms with van der Waals surface area (Å²) >= 11 is 0.735. The summed E-state index contributed by atoms with van der Waals surface area (Å²) in [5.41, 5.74) is 2.00. The summed E-state index contributed by atoms with van der Waals surface area (Å²) in [5.74, 6) is -2.41. The summed E-state index contributed by atoms with van der Waals surface area (Å²) in [7, 11) is 0. The zero-order valence-electron chi connectivity index (χ0n) is 26.7. The van der Waals surface area contributed by atoms with Gasteiger partial charge in [-0.15, -0.1) is 0 Å². The molecule has 4 atom stereocenters. The average Bonchev–Trinajstić information content (AvgIpc) is 3.72. The van der Waals surface area contributed by atoms with Gasteiger partial charge in [0, 0.05) is 54.7 Å². The SMILES string of the molecule is C=CC(=O)N1CC(C)N(c2nc(OCC34CCCN3CC(F)C4)nc3c(F)c(-c4ccc(F)c5sc(N)nc45)c(C(F)(F)F)cc23)CC1C. The largest absolute Gasteiger partial charge is 0.461 e. The van der Waals surface area contributed by atoms with Gasteiger partial charge in [0.15, 0.2) is 10.9 Å². The highest BCUT2D eigenvalue weighted by Gasteiger charge is 2.49. The van der Waals surface area contributed by atoms with Crippen LogP contribution in [0.2, 0.25) is 0 Å². The van der Waals surface area contributed by atoms with Crippen molar-refractivity contribution >= 4 is 49.3 Å². The van der Waals surface area contributed by atoms with E-state index in [0.29, 0.717) is 13.0 Å². The van der Waals surface area contributed by atoms with Crippen molar-refractivity contribution in [3.05, 3.63) is 48.1 Å². The molecule has 4 aromatic rings. The first-order valence-electron chi connectivity index (χ1n) is 15.9.